The van der Waals surface area contributed by atoms with Gasteiger partial charge in [-0.25, -0.2) is 0 Å². The van der Waals surface area contributed by atoms with Gasteiger partial charge in [0.2, 0.25) is 5.89 Å². The molecule has 0 aromatic carbocycles. The minimum absolute atomic E-state index is 0.202. The summed E-state index contributed by atoms with van der Waals surface area (Å²) in [7, 11) is 0. The van der Waals surface area contributed by atoms with Crippen LogP contribution in [0.4, 0.5) is 0 Å². The van der Waals surface area contributed by atoms with Crippen LogP contribution in [-0.2, 0) is 13.0 Å². The molecule has 1 aliphatic rings. The number of aliphatic hydroxyl groups is 1. The van der Waals surface area contributed by atoms with E-state index in [4.69, 9.17) is 4.52 Å². The first-order chi connectivity index (χ1) is 10.1. The molecule has 0 amide bonds. The molecule has 0 radical (unpaired) electrons. The van der Waals surface area contributed by atoms with Gasteiger partial charge in [-0.05, 0) is 12.3 Å². The number of hydrogen-bond donors (Lipinski definition) is 1. The van der Waals surface area contributed by atoms with Gasteiger partial charge in [-0.2, -0.15) is 4.98 Å². The molecule has 1 aromatic heterocycles. The minimum Gasteiger partial charge on any atom is -0.392 e. The molecular weight excluding hydrogens is 268 g/mol. The summed E-state index contributed by atoms with van der Waals surface area (Å²) >= 11 is 0. The van der Waals surface area contributed by atoms with Gasteiger partial charge in [-0.1, -0.05) is 25.9 Å². The van der Waals surface area contributed by atoms with Crippen LogP contribution in [-0.4, -0.2) is 63.9 Å². The summed E-state index contributed by atoms with van der Waals surface area (Å²) in [4.78, 5) is 9.12. The topological polar surface area (TPSA) is 65.6 Å². The Bertz CT molecular complexity index is 414. The molecule has 1 aromatic rings. The van der Waals surface area contributed by atoms with Crippen LogP contribution in [0.2, 0.25) is 0 Å². The first kappa shape index (κ1) is 16.4. The van der Waals surface area contributed by atoms with Gasteiger partial charge in [-0.3, -0.25) is 9.80 Å². The van der Waals surface area contributed by atoms with Crippen molar-refractivity contribution in [3.8, 4) is 0 Å². The Kier molecular flexibility index (Phi) is 6.14. The fourth-order valence-electron chi connectivity index (χ4n) is 2.54. The highest BCUT2D eigenvalue weighted by Crippen LogP contribution is 2.10. The normalized spacial score (nSPS) is 19.3. The van der Waals surface area contributed by atoms with Crippen LogP contribution in [0, 0.1) is 5.92 Å². The summed E-state index contributed by atoms with van der Waals surface area (Å²) in [5.74, 6) is 2.06. The molecule has 1 saturated heterocycles. The fourth-order valence-corrected chi connectivity index (χ4v) is 2.54. The quantitative estimate of drug-likeness (QED) is 0.814. The van der Waals surface area contributed by atoms with Crippen LogP contribution >= 0.6 is 0 Å². The standard InChI is InChI=1S/C15H28N4O2/c1-4-13(20)10-18-5-7-19(8-6-18)11-14-16-15(21-17-14)9-12(2)3/h12-13,20H,4-11H2,1-3H3/t13-/m0/s1. The highest BCUT2D eigenvalue weighted by Gasteiger charge is 2.20. The molecule has 0 aliphatic carbocycles. The molecule has 6 heteroatoms. The van der Waals surface area contributed by atoms with Crippen LogP contribution in [0.15, 0.2) is 4.52 Å². The molecule has 0 unspecified atom stereocenters. The molecular formula is C15H28N4O2. The Morgan fingerprint density at radius 2 is 1.86 bits per heavy atom. The second kappa shape index (κ2) is 7.87. The molecule has 1 atom stereocenters. The lowest BCUT2D eigenvalue weighted by molar-refractivity contribution is 0.0676. The van der Waals surface area contributed by atoms with E-state index in [1.165, 1.54) is 0 Å². The molecule has 0 bridgehead atoms. The van der Waals surface area contributed by atoms with E-state index in [9.17, 15) is 5.11 Å². The van der Waals surface area contributed by atoms with Crippen molar-refractivity contribution in [2.24, 2.45) is 5.92 Å². The Labute approximate surface area is 127 Å². The van der Waals surface area contributed by atoms with E-state index in [2.05, 4.69) is 33.8 Å². The van der Waals surface area contributed by atoms with Gasteiger partial charge in [-0.15, -0.1) is 0 Å². The van der Waals surface area contributed by atoms with Crippen molar-refractivity contribution in [3.05, 3.63) is 11.7 Å². The van der Waals surface area contributed by atoms with Gasteiger partial charge in [0.1, 0.15) is 0 Å². The number of nitrogens with zero attached hydrogens (tertiary/aromatic N) is 4. The number of β-amino-alcohol motifs (C(OH)–C–C–N with tert-alkyl or cyclic N) is 1. The summed E-state index contributed by atoms with van der Waals surface area (Å²) in [6, 6.07) is 0. The fraction of sp³-hybridized carbons (Fsp3) is 0.867. The molecule has 120 valence electrons. The van der Waals surface area contributed by atoms with E-state index in [1.54, 1.807) is 0 Å². The Hall–Kier alpha value is -0.980. The van der Waals surface area contributed by atoms with Crippen molar-refractivity contribution >= 4 is 0 Å². The predicted octanol–water partition coefficient (Wildman–Crippen LogP) is 1.16. The van der Waals surface area contributed by atoms with E-state index in [0.29, 0.717) is 5.92 Å². The van der Waals surface area contributed by atoms with E-state index >= 15 is 0 Å². The molecule has 1 fully saturated rings. The van der Waals surface area contributed by atoms with Crippen LogP contribution in [0.5, 0.6) is 0 Å². The van der Waals surface area contributed by atoms with Gasteiger partial charge in [0.25, 0.3) is 0 Å². The molecule has 1 N–H and O–H groups in total. The lowest BCUT2D eigenvalue weighted by Crippen LogP contribution is -2.48. The largest absolute Gasteiger partial charge is 0.392 e. The average Bonchev–Trinajstić information content (AvgIpc) is 2.87. The average molecular weight is 296 g/mol. The smallest absolute Gasteiger partial charge is 0.226 e. The zero-order valence-corrected chi connectivity index (χ0v) is 13.5. The summed E-state index contributed by atoms with van der Waals surface area (Å²) in [5.41, 5.74) is 0. The lowest BCUT2D eigenvalue weighted by Gasteiger charge is -2.34. The zero-order chi connectivity index (χ0) is 15.2. The number of aromatic nitrogens is 2. The van der Waals surface area contributed by atoms with Gasteiger partial charge in [0.15, 0.2) is 5.82 Å². The zero-order valence-electron chi connectivity index (χ0n) is 13.5. The van der Waals surface area contributed by atoms with E-state index in [1.807, 2.05) is 6.92 Å². The molecule has 0 saturated carbocycles. The SMILES string of the molecule is CC[C@H](O)CN1CCN(Cc2noc(CC(C)C)n2)CC1. The highest BCUT2D eigenvalue weighted by molar-refractivity contribution is 4.88. The molecule has 2 heterocycles. The van der Waals surface area contributed by atoms with Crippen molar-refractivity contribution in [2.45, 2.75) is 46.3 Å². The predicted molar refractivity (Wildman–Crippen MR) is 80.9 cm³/mol. The van der Waals surface area contributed by atoms with Crippen molar-refractivity contribution in [1.29, 1.82) is 0 Å². The van der Waals surface area contributed by atoms with Crippen LogP contribution in [0.25, 0.3) is 0 Å². The lowest BCUT2D eigenvalue weighted by atomic mass is 10.1. The number of aliphatic hydroxyl groups excluding tert-OH is 1. The van der Waals surface area contributed by atoms with Crippen molar-refractivity contribution in [2.75, 3.05) is 32.7 Å². The van der Waals surface area contributed by atoms with Gasteiger partial charge >= 0.3 is 0 Å². The van der Waals surface area contributed by atoms with Gasteiger partial charge in [0.05, 0.1) is 12.6 Å². The third-order valence-electron chi connectivity index (χ3n) is 3.86. The van der Waals surface area contributed by atoms with Crippen molar-refractivity contribution < 1.29 is 9.63 Å². The second-order valence-electron chi connectivity index (χ2n) is 6.34. The second-order valence-corrected chi connectivity index (χ2v) is 6.34. The maximum atomic E-state index is 9.70. The van der Waals surface area contributed by atoms with E-state index in [-0.39, 0.29) is 6.10 Å². The molecule has 1 aliphatic heterocycles. The molecule has 2 rings (SSSR count). The Morgan fingerprint density at radius 3 is 2.48 bits per heavy atom. The van der Waals surface area contributed by atoms with E-state index in [0.717, 1.165) is 63.8 Å². The van der Waals surface area contributed by atoms with E-state index < -0.39 is 0 Å². The first-order valence-corrected chi connectivity index (χ1v) is 8.01. The monoisotopic (exact) mass is 296 g/mol. The third-order valence-corrected chi connectivity index (χ3v) is 3.86. The molecule has 6 nitrogen and oxygen atoms in total. The van der Waals surface area contributed by atoms with Crippen LogP contribution in [0.3, 0.4) is 0 Å². The van der Waals surface area contributed by atoms with Gasteiger partial charge < -0.3 is 9.63 Å². The number of rotatable bonds is 7. The van der Waals surface area contributed by atoms with Gasteiger partial charge in [0, 0.05) is 39.1 Å². The summed E-state index contributed by atoms with van der Waals surface area (Å²) in [6.07, 6.45) is 1.46. The third kappa shape index (κ3) is 5.37. The molecule has 21 heavy (non-hydrogen) atoms. The van der Waals surface area contributed by atoms with Crippen LogP contribution < -0.4 is 0 Å². The number of hydrogen-bond acceptors (Lipinski definition) is 6. The summed E-state index contributed by atoms with van der Waals surface area (Å²) < 4.78 is 5.27. The summed E-state index contributed by atoms with van der Waals surface area (Å²) in [6.45, 7) is 11.8. The summed E-state index contributed by atoms with van der Waals surface area (Å²) in [5, 5.41) is 13.8. The minimum atomic E-state index is -0.202. The Balaban J connectivity index is 1.74. The van der Waals surface area contributed by atoms with Crippen molar-refractivity contribution in [3.63, 3.8) is 0 Å². The first-order valence-electron chi connectivity index (χ1n) is 8.01. The maximum absolute atomic E-state index is 9.70. The molecule has 0 spiro atoms. The Morgan fingerprint density at radius 1 is 1.19 bits per heavy atom. The number of piperazine rings is 1. The maximum Gasteiger partial charge on any atom is 0.226 e. The van der Waals surface area contributed by atoms with Crippen LogP contribution in [0.1, 0.15) is 38.9 Å². The van der Waals surface area contributed by atoms with Crippen molar-refractivity contribution in [1.82, 2.24) is 19.9 Å². The highest BCUT2D eigenvalue weighted by atomic mass is 16.5.